The third-order valence-electron chi connectivity index (χ3n) is 5.48. The third-order valence-corrected chi connectivity index (χ3v) is 6.21. The number of alkyl halides is 3. The van der Waals surface area contributed by atoms with Crippen LogP contribution in [0.25, 0.3) is 0 Å². The molecule has 190 valence electrons. The van der Waals surface area contributed by atoms with Crippen LogP contribution in [0.5, 0.6) is 0 Å². The van der Waals surface area contributed by atoms with Crippen LogP contribution in [-0.4, -0.2) is 16.4 Å². The Labute approximate surface area is 209 Å². The number of nitriles is 1. The van der Waals surface area contributed by atoms with E-state index in [1.165, 1.54) is 50.6 Å². The molecule has 3 rings (SSSR count). The molecule has 0 aliphatic rings. The molecule has 1 aromatic heterocycles. The molecule has 12 heteroatoms. The van der Waals surface area contributed by atoms with Crippen LogP contribution in [0.1, 0.15) is 42.8 Å². The van der Waals surface area contributed by atoms with Crippen molar-refractivity contribution in [3.05, 3.63) is 77.0 Å². The first kappa shape index (κ1) is 27.0. The van der Waals surface area contributed by atoms with E-state index in [2.05, 4.69) is 23.1 Å². The van der Waals surface area contributed by atoms with Crippen LogP contribution in [0.3, 0.4) is 0 Å². The van der Waals surface area contributed by atoms with E-state index in [1.54, 1.807) is 0 Å². The summed E-state index contributed by atoms with van der Waals surface area (Å²) in [6, 6.07) is 7.17. The number of aromatic nitrogens is 1. The van der Waals surface area contributed by atoms with Gasteiger partial charge in [-0.2, -0.15) is 18.4 Å². The molecule has 0 saturated carbocycles. The molecule has 0 spiro atoms. The van der Waals surface area contributed by atoms with Gasteiger partial charge in [0.1, 0.15) is 23.2 Å². The summed E-state index contributed by atoms with van der Waals surface area (Å²) in [5.74, 6) is -2.69. The number of nitrogens with zero attached hydrogens (tertiary/aromatic N) is 3. The third kappa shape index (κ3) is 5.79. The van der Waals surface area contributed by atoms with E-state index in [0.717, 1.165) is 16.4 Å². The maximum Gasteiger partial charge on any atom is 0.420 e. The summed E-state index contributed by atoms with van der Waals surface area (Å²) in [6.45, 7) is 2.76. The van der Waals surface area contributed by atoms with Gasteiger partial charge in [-0.25, -0.2) is 13.8 Å². The lowest BCUT2D eigenvalue weighted by Gasteiger charge is -2.34. The van der Waals surface area contributed by atoms with Gasteiger partial charge in [-0.3, -0.25) is 4.79 Å². The first-order valence-corrected chi connectivity index (χ1v) is 11.0. The summed E-state index contributed by atoms with van der Waals surface area (Å²) in [4.78, 5) is 16.9. The molecule has 0 saturated heterocycles. The SMILES string of the molecule is CC(C)(C(=O)Nc1ccc(C#N)c(C(F)(F)F)c1F)N(S)c1ccc(CCCc2ncco2)c(F)c1. The largest absolute Gasteiger partial charge is 0.449 e. The van der Waals surface area contributed by atoms with Gasteiger partial charge in [0.2, 0.25) is 0 Å². The topological polar surface area (TPSA) is 82.2 Å². The second-order valence-corrected chi connectivity index (χ2v) is 8.74. The lowest BCUT2D eigenvalue weighted by atomic mass is 10.0. The van der Waals surface area contributed by atoms with Crippen molar-refractivity contribution in [1.29, 1.82) is 5.26 Å². The number of anilines is 2. The number of rotatable bonds is 8. The molecule has 0 aliphatic heterocycles. The van der Waals surface area contributed by atoms with Crippen LogP contribution in [0.2, 0.25) is 0 Å². The fourth-order valence-corrected chi connectivity index (χ4v) is 3.63. The molecule has 0 unspecified atom stereocenters. The van der Waals surface area contributed by atoms with Crippen molar-refractivity contribution in [3.8, 4) is 6.07 Å². The van der Waals surface area contributed by atoms with Gasteiger partial charge in [-0.1, -0.05) is 18.9 Å². The number of benzene rings is 2. The average molecular weight is 525 g/mol. The minimum atomic E-state index is -5.14. The van der Waals surface area contributed by atoms with Crippen molar-refractivity contribution in [1.82, 2.24) is 4.98 Å². The highest BCUT2D eigenvalue weighted by Crippen LogP contribution is 2.37. The van der Waals surface area contributed by atoms with Gasteiger partial charge in [0.05, 0.1) is 29.2 Å². The van der Waals surface area contributed by atoms with Crippen molar-refractivity contribution in [3.63, 3.8) is 0 Å². The fourth-order valence-electron chi connectivity index (χ4n) is 3.41. The predicted molar refractivity (Wildman–Crippen MR) is 125 cm³/mol. The molecule has 36 heavy (non-hydrogen) atoms. The van der Waals surface area contributed by atoms with Gasteiger partial charge in [0, 0.05) is 6.42 Å². The van der Waals surface area contributed by atoms with Crippen molar-refractivity contribution >= 4 is 30.1 Å². The van der Waals surface area contributed by atoms with Crippen LogP contribution in [0.4, 0.5) is 33.3 Å². The maximum absolute atomic E-state index is 14.7. The number of aryl methyl sites for hydroxylation is 2. The Morgan fingerprint density at radius 2 is 1.92 bits per heavy atom. The van der Waals surface area contributed by atoms with E-state index in [9.17, 15) is 26.7 Å². The normalized spacial score (nSPS) is 11.8. The van der Waals surface area contributed by atoms with Crippen LogP contribution < -0.4 is 9.62 Å². The van der Waals surface area contributed by atoms with E-state index in [1.807, 2.05) is 0 Å². The monoisotopic (exact) mass is 524 g/mol. The highest BCUT2D eigenvalue weighted by molar-refractivity contribution is 7.82. The zero-order valence-corrected chi connectivity index (χ0v) is 20.1. The van der Waals surface area contributed by atoms with E-state index < -0.39 is 46.1 Å². The van der Waals surface area contributed by atoms with Gasteiger partial charge < -0.3 is 14.0 Å². The molecule has 1 amide bonds. The Kier molecular flexibility index (Phi) is 7.93. The second-order valence-electron chi connectivity index (χ2n) is 8.34. The van der Waals surface area contributed by atoms with Crippen LogP contribution >= 0.6 is 12.8 Å². The average Bonchev–Trinajstić information content (AvgIpc) is 3.33. The molecule has 0 bridgehead atoms. The minimum Gasteiger partial charge on any atom is -0.449 e. The van der Waals surface area contributed by atoms with Gasteiger partial charge in [-0.15, -0.1) is 0 Å². The fraction of sp³-hybridized carbons (Fsp3) is 0.292. The Bertz CT molecular complexity index is 1290. The molecular weight excluding hydrogens is 503 g/mol. The highest BCUT2D eigenvalue weighted by Gasteiger charge is 2.40. The molecule has 2 aromatic carbocycles. The number of thiol groups is 1. The summed E-state index contributed by atoms with van der Waals surface area (Å²) in [6.07, 6.45) is -0.643. The second kappa shape index (κ2) is 10.6. The van der Waals surface area contributed by atoms with Gasteiger partial charge in [0.25, 0.3) is 5.91 Å². The first-order chi connectivity index (χ1) is 16.9. The summed E-state index contributed by atoms with van der Waals surface area (Å²) >= 11 is 4.29. The number of carbonyl (C=O) groups excluding carboxylic acids is 1. The number of oxazole rings is 1. The lowest BCUT2D eigenvalue weighted by Crippen LogP contribution is -2.48. The molecule has 0 atom stereocenters. The Balaban J connectivity index is 1.75. The smallest absolute Gasteiger partial charge is 0.420 e. The molecular formula is C24H21F5N4O2S. The van der Waals surface area contributed by atoms with Crippen LogP contribution in [0, 0.1) is 23.0 Å². The van der Waals surface area contributed by atoms with Crippen LogP contribution in [-0.2, 0) is 23.8 Å². The number of amides is 1. The maximum atomic E-state index is 14.7. The Morgan fingerprint density at radius 3 is 2.50 bits per heavy atom. The Hall–Kier alpha value is -3.59. The molecule has 0 radical (unpaired) electrons. The van der Waals surface area contributed by atoms with E-state index >= 15 is 0 Å². The minimum absolute atomic E-state index is 0.198. The predicted octanol–water partition coefficient (Wildman–Crippen LogP) is 6.09. The summed E-state index contributed by atoms with van der Waals surface area (Å²) in [5, 5.41) is 11.0. The molecule has 1 N–H and O–H groups in total. The summed E-state index contributed by atoms with van der Waals surface area (Å²) < 4.78 is 75.3. The zero-order valence-electron chi connectivity index (χ0n) is 19.2. The van der Waals surface area contributed by atoms with Gasteiger partial charge in [-0.05, 0) is 56.5 Å². The van der Waals surface area contributed by atoms with Gasteiger partial charge >= 0.3 is 6.18 Å². The summed E-state index contributed by atoms with van der Waals surface area (Å²) in [5.41, 5.74) is -4.38. The number of hydrogen-bond acceptors (Lipinski definition) is 6. The van der Waals surface area contributed by atoms with Crippen molar-refractivity contribution < 1.29 is 31.2 Å². The van der Waals surface area contributed by atoms with E-state index in [-0.39, 0.29) is 5.69 Å². The quantitative estimate of drug-likeness (QED) is 0.275. The summed E-state index contributed by atoms with van der Waals surface area (Å²) in [7, 11) is 0. The molecule has 3 aromatic rings. The lowest BCUT2D eigenvalue weighted by molar-refractivity contribution is -0.140. The molecule has 1 heterocycles. The van der Waals surface area contributed by atoms with E-state index in [0.29, 0.717) is 30.7 Å². The first-order valence-electron chi connectivity index (χ1n) is 10.6. The number of carbonyl (C=O) groups is 1. The van der Waals surface area contributed by atoms with Crippen LogP contribution in [0.15, 0.2) is 47.2 Å². The van der Waals surface area contributed by atoms with E-state index in [4.69, 9.17) is 9.68 Å². The number of nitrogens with one attached hydrogen (secondary N) is 1. The molecule has 0 aliphatic carbocycles. The number of halogens is 5. The number of hydrogen-bond donors (Lipinski definition) is 2. The van der Waals surface area contributed by atoms with Gasteiger partial charge in [0.15, 0.2) is 11.7 Å². The van der Waals surface area contributed by atoms with Crippen molar-refractivity contribution in [2.45, 2.75) is 44.8 Å². The highest BCUT2D eigenvalue weighted by atomic mass is 32.1. The zero-order chi connectivity index (χ0) is 26.7. The van der Waals surface area contributed by atoms with Crippen molar-refractivity contribution in [2.75, 3.05) is 9.62 Å². The Morgan fingerprint density at radius 1 is 1.19 bits per heavy atom. The molecule has 6 nitrogen and oxygen atoms in total. The van der Waals surface area contributed by atoms with Crippen molar-refractivity contribution in [2.24, 2.45) is 0 Å². The standard InChI is InChI=1S/C24H21F5N4O2S/c1-23(2,22(34)32-18-9-7-15(13-30)20(21(18)26)24(27,28)29)33(36)16-8-6-14(17(25)12-16)4-3-5-19-31-10-11-35-19/h6-12,36H,3-5H2,1-2H3,(H,32,34). The molecule has 0 fully saturated rings.